The molecule has 6 heavy (non-hydrogen) atoms. The first kappa shape index (κ1) is 3.74. The summed E-state index contributed by atoms with van der Waals surface area (Å²) in [6, 6.07) is 0. The van der Waals surface area contributed by atoms with Gasteiger partial charge in [-0.15, -0.1) is 0 Å². The molecule has 0 N–H and O–H groups in total. The molecule has 0 aliphatic carbocycles. The predicted molar refractivity (Wildman–Crippen MR) is 22.8 cm³/mol. The molecule has 0 saturated heterocycles. The minimum absolute atomic E-state index is 0.358. The zero-order chi connectivity index (χ0) is 4.24. The molecule has 3 heteroatoms. The summed E-state index contributed by atoms with van der Waals surface area (Å²) in [5.74, 6) is 0. The second-order valence-electron chi connectivity index (χ2n) is 0.916. The number of rotatable bonds is 0. The third-order valence-corrected chi connectivity index (χ3v) is 0.486. The molecule has 2 nitrogen and oxygen atoms in total. The van der Waals surface area contributed by atoms with Crippen molar-refractivity contribution < 1.29 is 9.31 Å². The summed E-state index contributed by atoms with van der Waals surface area (Å²) in [7, 11) is 0.358. The molecule has 0 unspecified atom stereocenters. The van der Waals surface area contributed by atoms with E-state index >= 15 is 0 Å². The van der Waals surface area contributed by atoms with E-state index in [0.717, 1.165) is 0 Å². The first-order valence-corrected chi connectivity index (χ1v) is 1.72. The van der Waals surface area contributed by atoms with Gasteiger partial charge in [-0.3, -0.25) is 0 Å². The van der Waals surface area contributed by atoms with Crippen LogP contribution in [0.5, 0.6) is 0 Å². The van der Waals surface area contributed by atoms with Crippen LogP contribution in [0.15, 0.2) is 12.3 Å². The molecule has 0 aromatic rings. The fraction of sp³-hybridized carbons (Fsp3) is 0. The van der Waals surface area contributed by atoms with Gasteiger partial charge in [-0.1, -0.05) is 0 Å². The van der Waals surface area contributed by atoms with Gasteiger partial charge < -0.3 is 9.31 Å². The molecule has 0 amide bonds. The second-order valence-corrected chi connectivity index (χ2v) is 0.916. The van der Waals surface area contributed by atoms with Gasteiger partial charge in [0.05, 0.1) is 12.9 Å². The summed E-state index contributed by atoms with van der Waals surface area (Å²) >= 11 is 0. The lowest BCUT2D eigenvalue weighted by Gasteiger charge is -2.01. The van der Waals surface area contributed by atoms with Gasteiger partial charge in [-0.25, -0.2) is 0 Å². The van der Waals surface area contributed by atoms with E-state index in [4.69, 9.17) is 0 Å². The van der Waals surface area contributed by atoms with Crippen LogP contribution in [0.1, 0.15) is 0 Å². The minimum Gasteiger partial charge on any atom is -0.545 e. The molecule has 0 bridgehead atoms. The van der Waals surface area contributed by atoms with Crippen molar-refractivity contribution in [1.82, 2.24) is 0 Å². The largest absolute Gasteiger partial charge is 0.545 e. The molecule has 0 saturated carbocycles. The van der Waals surface area contributed by atoms with Crippen LogP contribution in [0.2, 0.25) is 0 Å². The van der Waals surface area contributed by atoms with Gasteiger partial charge in [0.25, 0.3) is 0 Å². The van der Waals surface area contributed by atoms with E-state index in [1.165, 1.54) is 0 Å². The summed E-state index contributed by atoms with van der Waals surface area (Å²) in [4.78, 5) is 0. The minimum atomic E-state index is 0.358. The summed E-state index contributed by atoms with van der Waals surface area (Å²) in [5, 5.41) is 0. The fourth-order valence-electron chi connectivity index (χ4n) is 0.261. The third kappa shape index (κ3) is 0.757. The molecule has 1 aliphatic rings. The zero-order valence-electron chi connectivity index (χ0n) is 3.26. The van der Waals surface area contributed by atoms with Gasteiger partial charge in [-0.2, -0.15) is 0 Å². The summed E-state index contributed by atoms with van der Waals surface area (Å²) < 4.78 is 9.27. The first-order valence-electron chi connectivity index (χ1n) is 1.72. The Labute approximate surface area is 37.1 Å². The molecule has 0 aromatic heterocycles. The molecule has 0 aromatic carbocycles. The van der Waals surface area contributed by atoms with E-state index in [9.17, 15) is 0 Å². The molecule has 1 radical (unpaired) electrons. The van der Waals surface area contributed by atoms with Gasteiger partial charge in [0.2, 0.25) is 0 Å². The van der Waals surface area contributed by atoms with Crippen LogP contribution in [0, 0.1) is 6.61 Å². The van der Waals surface area contributed by atoms with Crippen LogP contribution in [0.4, 0.5) is 0 Å². The topological polar surface area (TPSA) is 18.5 Å². The van der Waals surface area contributed by atoms with Crippen LogP contribution in [-0.4, -0.2) is 7.69 Å². The highest BCUT2D eigenvalue weighted by Gasteiger charge is 1.91. The highest BCUT2D eigenvalue weighted by atomic mass is 16.6. The van der Waals surface area contributed by atoms with E-state index in [0.29, 0.717) is 7.69 Å². The molecule has 1 rings (SSSR count). The van der Waals surface area contributed by atoms with Crippen molar-refractivity contribution in [2.24, 2.45) is 0 Å². The van der Waals surface area contributed by atoms with Crippen molar-refractivity contribution in [3.63, 3.8) is 0 Å². The highest BCUT2D eigenvalue weighted by Crippen LogP contribution is 1.89. The van der Waals surface area contributed by atoms with Crippen molar-refractivity contribution >= 4 is 7.69 Å². The van der Waals surface area contributed by atoms with Crippen LogP contribution >= 0.6 is 0 Å². The average Bonchev–Trinajstić information content (AvgIpc) is 1.72. The second kappa shape index (κ2) is 1.87. The molecule has 0 atom stereocenters. The quantitative estimate of drug-likeness (QED) is 0.383. The Morgan fingerprint density at radius 2 is 2.33 bits per heavy atom. The molecule has 1 aliphatic heterocycles. The van der Waals surface area contributed by atoms with Crippen LogP contribution in [0.25, 0.3) is 0 Å². The van der Waals surface area contributed by atoms with E-state index in [2.05, 4.69) is 9.31 Å². The van der Waals surface area contributed by atoms with Gasteiger partial charge >= 0.3 is 7.69 Å². The normalized spacial score (nSPS) is 18.7. The number of hydrogen-bond donors (Lipinski definition) is 0. The molecule has 0 spiro atoms. The fourth-order valence-corrected chi connectivity index (χ4v) is 0.261. The van der Waals surface area contributed by atoms with E-state index in [1.807, 2.05) is 0 Å². The Hall–Kier alpha value is -0.435. The molecule has 1 heterocycles. The first-order chi connectivity index (χ1) is 3.00. The smallest absolute Gasteiger partial charge is 0.506 e. The Bertz CT molecular complexity index is 53.8. The Morgan fingerprint density at radius 3 is 2.50 bits per heavy atom. The van der Waals surface area contributed by atoms with Crippen LogP contribution in [-0.2, 0) is 9.31 Å². The van der Waals surface area contributed by atoms with Crippen molar-refractivity contribution in [1.29, 1.82) is 0 Å². The lowest BCUT2D eigenvalue weighted by molar-refractivity contribution is 0.328. The lowest BCUT2D eigenvalue weighted by atomic mass is 10.4. The molecular weight excluding hydrogens is 78.8 g/mol. The lowest BCUT2D eigenvalue weighted by Crippen LogP contribution is -2.00. The Balaban J connectivity index is 2.26. The highest BCUT2D eigenvalue weighted by molar-refractivity contribution is 6.18. The Morgan fingerprint density at radius 1 is 1.33 bits per heavy atom. The van der Waals surface area contributed by atoms with Gasteiger partial charge in [0, 0.05) is 0 Å². The van der Waals surface area contributed by atoms with E-state index in [-0.39, 0.29) is 0 Å². The number of hydrogen-bond acceptors (Lipinski definition) is 2. The maximum atomic E-state index is 4.64. The van der Waals surface area contributed by atoms with Crippen molar-refractivity contribution in [3.8, 4) is 0 Å². The monoisotopic (exact) mass is 83.0 g/mol. The zero-order valence-corrected chi connectivity index (χ0v) is 3.26. The van der Waals surface area contributed by atoms with Gasteiger partial charge in [0.1, 0.15) is 0 Å². The van der Waals surface area contributed by atoms with Gasteiger partial charge in [-0.05, 0) is 6.08 Å². The third-order valence-electron chi connectivity index (χ3n) is 0.486. The standard InChI is InChI=1S/C3H4BO2/c1-2-5-4-6-3-1/h1-4H. The predicted octanol–water partition coefficient (Wildman–Crippen LogP) is -0.0248. The van der Waals surface area contributed by atoms with Crippen molar-refractivity contribution in [3.05, 3.63) is 18.9 Å². The van der Waals surface area contributed by atoms with Gasteiger partial charge in [0.15, 0.2) is 0 Å². The van der Waals surface area contributed by atoms with Crippen molar-refractivity contribution in [2.75, 3.05) is 0 Å². The summed E-state index contributed by atoms with van der Waals surface area (Å²) in [6.07, 6.45) is 3.28. The van der Waals surface area contributed by atoms with E-state index in [1.54, 1.807) is 18.9 Å². The summed E-state index contributed by atoms with van der Waals surface area (Å²) in [6.45, 7) is 1.59. The Kier molecular flexibility index (Phi) is 1.17. The summed E-state index contributed by atoms with van der Waals surface area (Å²) in [5.41, 5.74) is 0. The van der Waals surface area contributed by atoms with Crippen LogP contribution < -0.4 is 0 Å². The molecule has 0 fully saturated rings. The van der Waals surface area contributed by atoms with Crippen LogP contribution in [0.3, 0.4) is 0 Å². The SMILES string of the molecule is B1O[CH]C=CO1. The maximum absolute atomic E-state index is 4.64. The van der Waals surface area contributed by atoms with E-state index < -0.39 is 0 Å². The molecular formula is C3H4BO2. The maximum Gasteiger partial charge on any atom is 0.506 e. The van der Waals surface area contributed by atoms with Crippen molar-refractivity contribution in [2.45, 2.75) is 0 Å². The average molecular weight is 82.9 g/mol. The molecule has 31 valence electrons.